The second kappa shape index (κ2) is 9.82. The van der Waals surface area contributed by atoms with Crippen LogP contribution in [-0.2, 0) is 41.6 Å². The first-order valence-corrected chi connectivity index (χ1v) is 8.91. The minimum absolute atomic E-state index is 0.0825. The highest BCUT2D eigenvalue weighted by Crippen LogP contribution is 2.36. The highest BCUT2D eigenvalue weighted by Gasteiger charge is 2.36. The van der Waals surface area contributed by atoms with Crippen LogP contribution in [0.25, 0.3) is 0 Å². The standard InChI is InChI=1S/C10H8F6O.C9H10N4O/c1-17-5-6-2-7(9(11,12)13)4-8(3-6)10(14,15)16;10-5-8-4-9-6-12(7-14)2-1-3-13(9)11-8/h2-4H,5H2,1H3;4,7H,1-3,6H2. The van der Waals surface area contributed by atoms with Crippen molar-refractivity contribution in [2.45, 2.75) is 38.5 Å². The molecular weight excluding hydrogens is 430 g/mol. The second-order valence-electron chi connectivity index (χ2n) is 6.63. The van der Waals surface area contributed by atoms with E-state index in [0.29, 0.717) is 24.4 Å². The van der Waals surface area contributed by atoms with E-state index in [-0.39, 0.29) is 18.2 Å². The van der Waals surface area contributed by atoms with E-state index >= 15 is 0 Å². The van der Waals surface area contributed by atoms with Gasteiger partial charge in [-0.25, -0.2) is 0 Å². The maximum atomic E-state index is 12.4. The van der Waals surface area contributed by atoms with Crippen LogP contribution in [0.1, 0.15) is 34.5 Å². The summed E-state index contributed by atoms with van der Waals surface area (Å²) in [5.41, 5.74) is -1.48. The lowest BCUT2D eigenvalue weighted by molar-refractivity contribution is -0.143. The Morgan fingerprint density at radius 2 is 1.71 bits per heavy atom. The largest absolute Gasteiger partial charge is 0.416 e. The zero-order valence-corrected chi connectivity index (χ0v) is 16.3. The molecule has 1 aliphatic rings. The maximum absolute atomic E-state index is 12.4. The average Bonchev–Trinajstić information content (AvgIpc) is 2.98. The lowest BCUT2D eigenvalue weighted by Crippen LogP contribution is -2.20. The van der Waals surface area contributed by atoms with Crippen LogP contribution in [-0.4, -0.2) is 34.7 Å². The highest BCUT2D eigenvalue weighted by atomic mass is 19.4. The number of carbonyl (C=O) groups excluding carboxylic acids is 1. The summed E-state index contributed by atoms with van der Waals surface area (Å²) >= 11 is 0. The van der Waals surface area contributed by atoms with Gasteiger partial charge in [0, 0.05) is 20.2 Å². The summed E-state index contributed by atoms with van der Waals surface area (Å²) in [6, 6.07) is 5.09. The summed E-state index contributed by atoms with van der Waals surface area (Å²) < 4.78 is 80.5. The topological polar surface area (TPSA) is 71.2 Å². The summed E-state index contributed by atoms with van der Waals surface area (Å²) in [6.07, 6.45) is -7.90. The van der Waals surface area contributed by atoms with Gasteiger partial charge >= 0.3 is 12.4 Å². The summed E-state index contributed by atoms with van der Waals surface area (Å²) in [5, 5.41) is 12.8. The van der Waals surface area contributed by atoms with Gasteiger partial charge in [0.2, 0.25) is 6.41 Å². The SMILES string of the molecule is COCc1cc(C(F)(F)F)cc(C(F)(F)F)c1.N#Cc1cc2n(n1)CCCN(C=O)C2. The molecule has 0 saturated heterocycles. The second-order valence-corrected chi connectivity index (χ2v) is 6.63. The van der Waals surface area contributed by atoms with Gasteiger partial charge in [0.15, 0.2) is 5.69 Å². The molecule has 3 rings (SSSR count). The van der Waals surface area contributed by atoms with E-state index in [1.54, 1.807) is 11.0 Å². The van der Waals surface area contributed by atoms with Gasteiger partial charge in [0.25, 0.3) is 0 Å². The Morgan fingerprint density at radius 3 is 2.19 bits per heavy atom. The van der Waals surface area contributed by atoms with Gasteiger partial charge in [-0.15, -0.1) is 0 Å². The zero-order valence-electron chi connectivity index (χ0n) is 16.3. The molecule has 0 aliphatic carbocycles. The van der Waals surface area contributed by atoms with E-state index < -0.39 is 23.5 Å². The molecule has 168 valence electrons. The smallest absolute Gasteiger partial charge is 0.380 e. The zero-order chi connectivity index (χ0) is 23.2. The number of amides is 1. The predicted molar refractivity (Wildman–Crippen MR) is 95.2 cm³/mol. The van der Waals surface area contributed by atoms with Gasteiger partial charge in [-0.05, 0) is 36.2 Å². The van der Waals surface area contributed by atoms with Crippen LogP contribution >= 0.6 is 0 Å². The number of hydrogen-bond acceptors (Lipinski definition) is 4. The first-order valence-electron chi connectivity index (χ1n) is 8.91. The van der Waals surface area contributed by atoms with Crippen LogP contribution < -0.4 is 0 Å². The molecule has 1 aliphatic heterocycles. The predicted octanol–water partition coefficient (Wildman–Crippen LogP) is 3.99. The van der Waals surface area contributed by atoms with E-state index in [0.717, 1.165) is 31.6 Å². The number of methoxy groups -OCH3 is 1. The molecule has 2 heterocycles. The van der Waals surface area contributed by atoms with E-state index in [4.69, 9.17) is 5.26 Å². The Labute approximate surface area is 173 Å². The number of halogens is 6. The molecule has 0 bridgehead atoms. The molecule has 0 unspecified atom stereocenters. The van der Waals surface area contributed by atoms with Crippen molar-refractivity contribution in [1.82, 2.24) is 14.7 Å². The molecular formula is C19H18F6N4O2. The van der Waals surface area contributed by atoms with Crippen molar-refractivity contribution in [3.8, 4) is 6.07 Å². The Hall–Kier alpha value is -3.07. The fourth-order valence-corrected chi connectivity index (χ4v) is 2.90. The third kappa shape index (κ3) is 6.71. The number of nitrogens with zero attached hydrogens (tertiary/aromatic N) is 4. The number of aromatic nitrogens is 2. The fraction of sp³-hybridized carbons (Fsp3) is 0.421. The van der Waals surface area contributed by atoms with Gasteiger partial charge in [-0.2, -0.15) is 36.7 Å². The van der Waals surface area contributed by atoms with Gasteiger partial charge in [-0.3, -0.25) is 9.48 Å². The Kier molecular flexibility index (Phi) is 7.67. The summed E-state index contributed by atoms with van der Waals surface area (Å²) in [5.74, 6) is 0. The number of nitriles is 1. The van der Waals surface area contributed by atoms with E-state index in [9.17, 15) is 31.1 Å². The summed E-state index contributed by atoms with van der Waals surface area (Å²) in [4.78, 5) is 12.3. The lowest BCUT2D eigenvalue weighted by Gasteiger charge is -2.13. The number of aryl methyl sites for hydroxylation is 1. The van der Waals surface area contributed by atoms with Crippen LogP contribution in [0.4, 0.5) is 26.3 Å². The van der Waals surface area contributed by atoms with Crippen molar-refractivity contribution in [1.29, 1.82) is 5.26 Å². The van der Waals surface area contributed by atoms with E-state index in [1.165, 1.54) is 7.11 Å². The Morgan fingerprint density at radius 1 is 1.10 bits per heavy atom. The summed E-state index contributed by atoms with van der Waals surface area (Å²) in [7, 11) is 1.19. The van der Waals surface area contributed by atoms with E-state index in [2.05, 4.69) is 9.84 Å². The molecule has 0 fully saturated rings. The van der Waals surface area contributed by atoms with Gasteiger partial charge in [-0.1, -0.05) is 0 Å². The fourth-order valence-electron chi connectivity index (χ4n) is 2.90. The number of alkyl halides is 6. The molecule has 0 radical (unpaired) electrons. The van der Waals surface area contributed by atoms with Crippen LogP contribution in [0.3, 0.4) is 0 Å². The van der Waals surface area contributed by atoms with Crippen LogP contribution in [0.5, 0.6) is 0 Å². The van der Waals surface area contributed by atoms with Gasteiger partial charge in [0.1, 0.15) is 6.07 Å². The normalized spacial score (nSPS) is 14.1. The van der Waals surface area contributed by atoms with Crippen LogP contribution in [0.2, 0.25) is 0 Å². The quantitative estimate of drug-likeness (QED) is 0.526. The number of fused-ring (bicyclic) bond motifs is 1. The van der Waals surface area contributed by atoms with Gasteiger partial charge in [0.05, 0.1) is 30.0 Å². The molecule has 1 aromatic heterocycles. The highest BCUT2D eigenvalue weighted by molar-refractivity contribution is 5.47. The number of hydrogen-bond donors (Lipinski definition) is 0. The van der Waals surface area contributed by atoms with Crippen molar-refractivity contribution in [2.24, 2.45) is 0 Å². The monoisotopic (exact) mass is 448 g/mol. The number of rotatable bonds is 3. The molecule has 0 N–H and O–H groups in total. The van der Waals surface area contributed by atoms with Crippen LogP contribution in [0.15, 0.2) is 24.3 Å². The lowest BCUT2D eigenvalue weighted by atomic mass is 10.1. The minimum Gasteiger partial charge on any atom is -0.380 e. The number of ether oxygens (including phenoxy) is 1. The third-order valence-corrected chi connectivity index (χ3v) is 4.27. The van der Waals surface area contributed by atoms with Crippen molar-refractivity contribution >= 4 is 6.41 Å². The first-order chi connectivity index (χ1) is 14.5. The van der Waals surface area contributed by atoms with Crippen molar-refractivity contribution in [2.75, 3.05) is 13.7 Å². The van der Waals surface area contributed by atoms with E-state index in [1.807, 2.05) is 10.8 Å². The van der Waals surface area contributed by atoms with Crippen molar-refractivity contribution in [3.05, 3.63) is 52.3 Å². The Balaban J connectivity index is 0.000000224. The van der Waals surface area contributed by atoms with Gasteiger partial charge < -0.3 is 9.64 Å². The minimum atomic E-state index is -4.82. The van der Waals surface area contributed by atoms with Crippen molar-refractivity contribution in [3.63, 3.8) is 0 Å². The maximum Gasteiger partial charge on any atom is 0.416 e. The molecule has 0 saturated carbocycles. The van der Waals surface area contributed by atoms with Crippen molar-refractivity contribution < 1.29 is 35.9 Å². The number of carbonyl (C=O) groups is 1. The average molecular weight is 448 g/mol. The number of benzene rings is 1. The first kappa shape index (κ1) is 24.2. The molecule has 6 nitrogen and oxygen atoms in total. The molecule has 1 aromatic carbocycles. The molecule has 0 atom stereocenters. The summed E-state index contributed by atoms with van der Waals surface area (Å²) in [6.45, 7) is 1.78. The molecule has 0 spiro atoms. The molecule has 12 heteroatoms. The molecule has 2 aromatic rings. The van der Waals surface area contributed by atoms with Crippen LogP contribution in [0, 0.1) is 11.3 Å². The molecule has 31 heavy (non-hydrogen) atoms. The molecule has 1 amide bonds. The third-order valence-electron chi connectivity index (χ3n) is 4.27. The Bertz CT molecular complexity index is 914.